The summed E-state index contributed by atoms with van der Waals surface area (Å²) in [6, 6.07) is 3.66. The van der Waals surface area contributed by atoms with Crippen LogP contribution in [0.5, 0.6) is 0 Å². The molecule has 0 aliphatic carbocycles. The largest absolute Gasteiger partial charge is 0.318 e. The van der Waals surface area contributed by atoms with E-state index >= 15 is 0 Å². The molecular formula is C12H17BrClFN2O2S. The molecule has 1 fully saturated rings. The monoisotopic (exact) mass is 386 g/mol. The minimum Gasteiger partial charge on any atom is -0.318 e. The van der Waals surface area contributed by atoms with Gasteiger partial charge in [0.1, 0.15) is 5.82 Å². The summed E-state index contributed by atoms with van der Waals surface area (Å²) in [5, 5.41) is 3.00. The van der Waals surface area contributed by atoms with Gasteiger partial charge >= 0.3 is 0 Å². The van der Waals surface area contributed by atoms with Crippen LogP contribution in [0.15, 0.2) is 27.6 Å². The lowest BCUT2D eigenvalue weighted by atomic mass is 10.2. The smallest absolute Gasteiger partial charge is 0.244 e. The summed E-state index contributed by atoms with van der Waals surface area (Å²) < 4.78 is 40.3. The number of sulfonamides is 1. The average Bonchev–Trinajstić information content (AvgIpc) is 2.81. The minimum absolute atomic E-state index is 0. The van der Waals surface area contributed by atoms with Gasteiger partial charge in [0.2, 0.25) is 10.0 Å². The molecule has 1 unspecified atom stereocenters. The van der Waals surface area contributed by atoms with Crippen molar-refractivity contribution in [3.05, 3.63) is 28.5 Å². The zero-order valence-electron chi connectivity index (χ0n) is 11.0. The average molecular weight is 388 g/mol. The van der Waals surface area contributed by atoms with E-state index in [0.717, 1.165) is 18.9 Å². The van der Waals surface area contributed by atoms with Gasteiger partial charge in [0, 0.05) is 23.6 Å². The Labute approximate surface area is 133 Å². The van der Waals surface area contributed by atoms with Crippen LogP contribution in [0, 0.1) is 5.82 Å². The summed E-state index contributed by atoms with van der Waals surface area (Å²) in [7, 11) is -1.86. The number of hydrogen-bond donors (Lipinski definition) is 1. The first kappa shape index (κ1) is 17.8. The van der Waals surface area contributed by atoms with Crippen LogP contribution in [-0.2, 0) is 10.0 Å². The molecule has 0 aromatic heterocycles. The number of likely N-dealkylation sites (N-methyl/N-ethyl adjacent to an activating group) is 1. The van der Waals surface area contributed by atoms with Gasteiger partial charge in [-0.05, 0) is 54.0 Å². The van der Waals surface area contributed by atoms with Gasteiger partial charge in [-0.3, -0.25) is 0 Å². The van der Waals surface area contributed by atoms with Crippen LogP contribution in [0.25, 0.3) is 0 Å². The van der Waals surface area contributed by atoms with Gasteiger partial charge in [-0.25, -0.2) is 12.8 Å². The molecule has 114 valence electrons. The summed E-state index contributed by atoms with van der Waals surface area (Å²) in [5.41, 5.74) is 0. The van der Waals surface area contributed by atoms with E-state index in [2.05, 4.69) is 21.2 Å². The first-order valence-corrected chi connectivity index (χ1v) is 8.31. The summed E-state index contributed by atoms with van der Waals surface area (Å²) in [5.74, 6) is -0.550. The van der Waals surface area contributed by atoms with Crippen molar-refractivity contribution in [1.29, 1.82) is 0 Å². The van der Waals surface area contributed by atoms with Crippen LogP contribution in [0.4, 0.5) is 4.39 Å². The van der Waals surface area contributed by atoms with Crippen LogP contribution in [0.1, 0.15) is 12.8 Å². The van der Waals surface area contributed by atoms with Gasteiger partial charge in [0.25, 0.3) is 0 Å². The summed E-state index contributed by atoms with van der Waals surface area (Å²) in [6.07, 6.45) is 1.66. The van der Waals surface area contributed by atoms with Crippen LogP contribution >= 0.6 is 28.3 Å². The third kappa shape index (κ3) is 3.51. The maximum atomic E-state index is 13.3. The fourth-order valence-electron chi connectivity index (χ4n) is 2.37. The molecule has 2 rings (SSSR count). The van der Waals surface area contributed by atoms with Crippen LogP contribution < -0.4 is 5.32 Å². The number of nitrogens with zero attached hydrogens (tertiary/aromatic N) is 1. The predicted molar refractivity (Wildman–Crippen MR) is 82.2 cm³/mol. The summed E-state index contributed by atoms with van der Waals surface area (Å²) in [6.45, 7) is 1.09. The number of halogens is 3. The molecular weight excluding hydrogens is 371 g/mol. The number of nitrogens with one attached hydrogen (secondary N) is 1. The molecule has 1 heterocycles. The second kappa shape index (κ2) is 7.17. The van der Waals surface area contributed by atoms with E-state index in [4.69, 9.17) is 0 Å². The zero-order chi connectivity index (χ0) is 14.0. The summed E-state index contributed by atoms with van der Waals surface area (Å²) in [4.78, 5) is -0.00416. The van der Waals surface area contributed by atoms with E-state index in [1.165, 1.54) is 16.4 Å². The molecule has 0 amide bonds. The molecule has 1 atom stereocenters. The molecule has 1 aromatic rings. The Morgan fingerprint density at radius 3 is 2.85 bits per heavy atom. The Balaban J connectivity index is 0.00000200. The standard InChI is InChI=1S/C12H16BrFN2O2S.ClH/c1-15-8-10-3-2-6-16(10)19(17,18)12-7-9(14)4-5-11(12)13;/h4-5,7,10,15H,2-3,6,8H2,1H3;1H. The van der Waals surface area contributed by atoms with Crippen molar-refractivity contribution in [3.8, 4) is 0 Å². The molecule has 0 saturated carbocycles. The SMILES string of the molecule is CNCC1CCCN1S(=O)(=O)c1cc(F)ccc1Br.Cl. The van der Waals surface area contributed by atoms with Crippen molar-refractivity contribution < 1.29 is 12.8 Å². The van der Waals surface area contributed by atoms with Gasteiger partial charge in [-0.15, -0.1) is 12.4 Å². The maximum absolute atomic E-state index is 13.3. The zero-order valence-corrected chi connectivity index (χ0v) is 14.2. The molecule has 1 N–H and O–H groups in total. The van der Waals surface area contributed by atoms with Crippen LogP contribution in [-0.4, -0.2) is 38.9 Å². The highest BCUT2D eigenvalue weighted by atomic mass is 79.9. The lowest BCUT2D eigenvalue weighted by Gasteiger charge is -2.24. The van der Waals surface area contributed by atoms with Crippen molar-refractivity contribution in [1.82, 2.24) is 9.62 Å². The third-order valence-electron chi connectivity index (χ3n) is 3.24. The van der Waals surface area contributed by atoms with E-state index in [1.54, 1.807) is 7.05 Å². The lowest BCUT2D eigenvalue weighted by molar-refractivity contribution is 0.378. The molecule has 8 heteroatoms. The first-order chi connectivity index (χ1) is 8.96. The Morgan fingerprint density at radius 1 is 1.50 bits per heavy atom. The Bertz CT molecular complexity index is 571. The Morgan fingerprint density at radius 2 is 2.20 bits per heavy atom. The van der Waals surface area contributed by atoms with Crippen molar-refractivity contribution >= 4 is 38.4 Å². The van der Waals surface area contributed by atoms with E-state index in [-0.39, 0.29) is 23.3 Å². The summed E-state index contributed by atoms with van der Waals surface area (Å²) >= 11 is 3.18. The normalized spacial score (nSPS) is 19.9. The molecule has 1 aliphatic heterocycles. The molecule has 20 heavy (non-hydrogen) atoms. The molecule has 1 aromatic carbocycles. The van der Waals surface area contributed by atoms with Gasteiger partial charge in [0.15, 0.2) is 0 Å². The van der Waals surface area contributed by atoms with Gasteiger partial charge < -0.3 is 5.32 Å². The predicted octanol–water partition coefficient (Wildman–Crippen LogP) is 2.38. The molecule has 1 saturated heterocycles. The van der Waals surface area contributed by atoms with Gasteiger partial charge in [0.05, 0.1) is 4.90 Å². The van der Waals surface area contributed by atoms with E-state index in [9.17, 15) is 12.8 Å². The minimum atomic E-state index is -3.66. The van der Waals surface area contributed by atoms with Crippen molar-refractivity contribution in [2.75, 3.05) is 20.1 Å². The molecule has 0 radical (unpaired) electrons. The van der Waals surface area contributed by atoms with Crippen molar-refractivity contribution in [3.63, 3.8) is 0 Å². The Kier molecular flexibility index (Phi) is 6.40. The topological polar surface area (TPSA) is 49.4 Å². The first-order valence-electron chi connectivity index (χ1n) is 6.08. The second-order valence-electron chi connectivity index (χ2n) is 4.54. The molecule has 0 spiro atoms. The van der Waals surface area contributed by atoms with Crippen molar-refractivity contribution in [2.45, 2.75) is 23.8 Å². The van der Waals surface area contributed by atoms with Crippen LogP contribution in [0.2, 0.25) is 0 Å². The molecule has 4 nitrogen and oxygen atoms in total. The van der Waals surface area contributed by atoms with Gasteiger partial charge in [-0.1, -0.05) is 0 Å². The highest BCUT2D eigenvalue weighted by Gasteiger charge is 2.35. The van der Waals surface area contributed by atoms with E-state index in [0.29, 0.717) is 17.6 Å². The molecule has 1 aliphatic rings. The van der Waals surface area contributed by atoms with Gasteiger partial charge in [-0.2, -0.15) is 4.31 Å². The second-order valence-corrected chi connectivity index (χ2v) is 7.26. The number of rotatable bonds is 4. The van der Waals surface area contributed by atoms with Crippen molar-refractivity contribution in [2.24, 2.45) is 0 Å². The van der Waals surface area contributed by atoms with E-state index < -0.39 is 15.8 Å². The third-order valence-corrected chi connectivity index (χ3v) is 6.19. The quantitative estimate of drug-likeness (QED) is 0.863. The fourth-order valence-corrected chi connectivity index (χ4v) is 5.00. The molecule has 0 bridgehead atoms. The lowest BCUT2D eigenvalue weighted by Crippen LogP contribution is -2.40. The highest BCUT2D eigenvalue weighted by molar-refractivity contribution is 9.10. The van der Waals surface area contributed by atoms with E-state index in [1.807, 2.05) is 0 Å². The maximum Gasteiger partial charge on any atom is 0.244 e. The number of benzene rings is 1. The highest BCUT2D eigenvalue weighted by Crippen LogP contribution is 2.30. The van der Waals surface area contributed by atoms with Crippen LogP contribution in [0.3, 0.4) is 0 Å². The Hall–Kier alpha value is -0.210. The number of hydrogen-bond acceptors (Lipinski definition) is 3. The fraction of sp³-hybridized carbons (Fsp3) is 0.500.